The molecule has 3 fully saturated rings. The molecule has 2 aliphatic heterocycles. The van der Waals surface area contributed by atoms with Gasteiger partial charge in [-0.05, 0) is 69.6 Å². The van der Waals surface area contributed by atoms with Gasteiger partial charge in [-0.3, -0.25) is 24.1 Å². The van der Waals surface area contributed by atoms with Gasteiger partial charge in [-0.15, -0.1) is 0 Å². The first kappa shape index (κ1) is 24.6. The zero-order chi connectivity index (χ0) is 25.4. The second kappa shape index (κ2) is 7.50. The first-order chi connectivity index (χ1) is 15.8. The number of imide groups is 2. The molecule has 0 bridgehead atoms. The van der Waals surface area contributed by atoms with E-state index in [1.165, 1.54) is 9.80 Å². The molecule has 1 aromatic carbocycles. The number of anilines is 1. The Balaban J connectivity index is 1.72. The second-order valence-corrected chi connectivity index (χ2v) is 11.4. The summed E-state index contributed by atoms with van der Waals surface area (Å²) in [7, 11) is 0. The number of carbonyl (C=O) groups excluding carboxylic acids is 4. The van der Waals surface area contributed by atoms with Gasteiger partial charge in [0.25, 0.3) is 0 Å². The van der Waals surface area contributed by atoms with Crippen molar-refractivity contribution in [3.05, 3.63) is 29.8 Å². The third-order valence-electron chi connectivity index (χ3n) is 10.1. The molecule has 0 radical (unpaired) electrons. The van der Waals surface area contributed by atoms with Gasteiger partial charge in [0.1, 0.15) is 0 Å². The Labute approximate surface area is 203 Å². The minimum atomic E-state index is -1.20. The molecule has 1 aromatic rings. The molecular weight excluding hydrogens is 428 g/mol. The fraction of sp³-hybridized carbons (Fsp3) is 0.643. The van der Waals surface area contributed by atoms with Gasteiger partial charge in [0, 0.05) is 5.54 Å². The maximum Gasteiger partial charge on any atom is 0.241 e. The molecule has 184 valence electrons. The van der Waals surface area contributed by atoms with Crippen LogP contribution in [0.4, 0.5) is 5.69 Å². The van der Waals surface area contributed by atoms with Crippen molar-refractivity contribution >= 4 is 29.3 Å². The van der Waals surface area contributed by atoms with Gasteiger partial charge in [0.15, 0.2) is 0 Å². The van der Waals surface area contributed by atoms with Gasteiger partial charge >= 0.3 is 0 Å². The molecule has 0 N–H and O–H groups in total. The molecule has 4 unspecified atom stereocenters. The van der Waals surface area contributed by atoms with Crippen LogP contribution in [0.5, 0.6) is 0 Å². The highest BCUT2D eigenvalue weighted by molar-refractivity contribution is 6.30. The summed E-state index contributed by atoms with van der Waals surface area (Å²) in [6, 6.07) is 7.62. The lowest BCUT2D eigenvalue weighted by Crippen LogP contribution is -2.65. The van der Waals surface area contributed by atoms with E-state index in [2.05, 4.69) is 20.8 Å². The molecule has 6 nitrogen and oxygen atoms in total. The van der Waals surface area contributed by atoms with Crippen LogP contribution in [0, 0.1) is 22.7 Å². The molecule has 4 rings (SSSR count). The molecule has 2 saturated heterocycles. The van der Waals surface area contributed by atoms with Gasteiger partial charge < -0.3 is 0 Å². The SMILES string of the molecule is CCC(C)(CC)c1ccc(N2C(=O)C3C(C)(C2=O)C2C(=O)N(C(C)(CC)CC)C(=O)C32C)cc1. The van der Waals surface area contributed by atoms with Crippen LogP contribution in [0.3, 0.4) is 0 Å². The van der Waals surface area contributed by atoms with Crippen molar-refractivity contribution in [1.82, 2.24) is 4.90 Å². The lowest BCUT2D eigenvalue weighted by atomic mass is 9.41. The van der Waals surface area contributed by atoms with E-state index in [1.54, 1.807) is 13.8 Å². The largest absolute Gasteiger partial charge is 0.276 e. The van der Waals surface area contributed by atoms with Gasteiger partial charge in [0.2, 0.25) is 23.6 Å². The minimum absolute atomic E-state index is 0.0283. The standard InChI is InChI=1S/C28H38N2O4/c1-9-25(5,10-2)17-13-15-18(16-14-17)29-21(31)19-27(7,23(29)33)20-22(32)30(24(34)28(19,20)8)26(6,11-3)12-4/h13-16,19-20H,9-12H2,1-8H3. The third kappa shape index (κ3) is 2.63. The number of benzene rings is 1. The molecule has 4 atom stereocenters. The Morgan fingerprint density at radius 2 is 1.21 bits per heavy atom. The van der Waals surface area contributed by atoms with E-state index in [1.807, 2.05) is 45.0 Å². The van der Waals surface area contributed by atoms with Gasteiger partial charge in [-0.25, -0.2) is 4.90 Å². The van der Waals surface area contributed by atoms with Crippen LogP contribution >= 0.6 is 0 Å². The summed E-state index contributed by atoms with van der Waals surface area (Å²) < 4.78 is 0. The van der Waals surface area contributed by atoms with Crippen LogP contribution in [-0.4, -0.2) is 34.1 Å². The van der Waals surface area contributed by atoms with Gasteiger partial charge in [-0.2, -0.15) is 0 Å². The van der Waals surface area contributed by atoms with E-state index in [0.717, 1.165) is 18.4 Å². The van der Waals surface area contributed by atoms with Crippen molar-refractivity contribution in [1.29, 1.82) is 0 Å². The number of hydrogen-bond donors (Lipinski definition) is 0. The molecule has 34 heavy (non-hydrogen) atoms. The topological polar surface area (TPSA) is 74.8 Å². The van der Waals surface area contributed by atoms with Gasteiger partial charge in [0.05, 0.1) is 28.4 Å². The molecule has 4 amide bonds. The van der Waals surface area contributed by atoms with Crippen molar-refractivity contribution in [2.75, 3.05) is 4.90 Å². The van der Waals surface area contributed by atoms with E-state index in [4.69, 9.17) is 0 Å². The first-order valence-electron chi connectivity index (χ1n) is 12.7. The van der Waals surface area contributed by atoms with Crippen molar-refractivity contribution in [3.63, 3.8) is 0 Å². The summed E-state index contributed by atoms with van der Waals surface area (Å²) in [6.07, 6.45) is 3.22. The summed E-state index contributed by atoms with van der Waals surface area (Å²) in [6.45, 7) is 15.8. The predicted octanol–water partition coefficient (Wildman–Crippen LogP) is 4.84. The number of nitrogens with zero attached hydrogens (tertiary/aromatic N) is 2. The number of likely N-dealkylation sites (tertiary alicyclic amines) is 1. The first-order valence-corrected chi connectivity index (χ1v) is 12.7. The highest BCUT2D eigenvalue weighted by atomic mass is 16.2. The molecule has 0 aromatic heterocycles. The van der Waals surface area contributed by atoms with E-state index in [0.29, 0.717) is 18.5 Å². The normalized spacial score (nSPS) is 31.2. The molecule has 1 aliphatic carbocycles. The number of amides is 4. The molecule has 1 saturated carbocycles. The Kier molecular flexibility index (Phi) is 5.43. The summed E-state index contributed by atoms with van der Waals surface area (Å²) in [4.78, 5) is 57.4. The predicted molar refractivity (Wildman–Crippen MR) is 131 cm³/mol. The van der Waals surface area contributed by atoms with Gasteiger partial charge in [-0.1, -0.05) is 46.8 Å². The van der Waals surface area contributed by atoms with Crippen molar-refractivity contribution in [3.8, 4) is 0 Å². The molecular formula is C28H38N2O4. The summed E-state index contributed by atoms with van der Waals surface area (Å²) in [5.74, 6) is -2.99. The van der Waals surface area contributed by atoms with Crippen LogP contribution in [-0.2, 0) is 24.6 Å². The molecule has 0 spiro atoms. The molecule has 6 heteroatoms. The lowest BCUT2D eigenvalue weighted by molar-refractivity contribution is -0.179. The van der Waals surface area contributed by atoms with Crippen LogP contribution in [0.25, 0.3) is 0 Å². The fourth-order valence-electron chi connectivity index (χ4n) is 6.94. The Morgan fingerprint density at radius 3 is 1.68 bits per heavy atom. The van der Waals surface area contributed by atoms with Crippen molar-refractivity contribution in [2.45, 2.75) is 92.0 Å². The van der Waals surface area contributed by atoms with Crippen LogP contribution in [0.15, 0.2) is 24.3 Å². The molecule has 3 aliphatic rings. The number of carbonyl (C=O) groups is 4. The highest BCUT2D eigenvalue weighted by Crippen LogP contribution is 2.72. The zero-order valence-corrected chi connectivity index (χ0v) is 21.8. The van der Waals surface area contributed by atoms with Crippen molar-refractivity contribution < 1.29 is 19.2 Å². The van der Waals surface area contributed by atoms with Crippen molar-refractivity contribution in [2.24, 2.45) is 22.7 Å². The Morgan fingerprint density at radius 1 is 0.735 bits per heavy atom. The average molecular weight is 467 g/mol. The monoisotopic (exact) mass is 466 g/mol. The fourth-order valence-corrected chi connectivity index (χ4v) is 6.94. The number of fused-ring (bicyclic) bond motifs is 4. The van der Waals surface area contributed by atoms with Crippen LogP contribution in [0.2, 0.25) is 0 Å². The third-order valence-corrected chi connectivity index (χ3v) is 10.1. The lowest BCUT2D eigenvalue weighted by Gasteiger charge is -2.53. The molecule has 2 heterocycles. The smallest absolute Gasteiger partial charge is 0.241 e. The minimum Gasteiger partial charge on any atom is -0.276 e. The average Bonchev–Trinajstić information content (AvgIpc) is 3.12. The van der Waals surface area contributed by atoms with E-state index >= 15 is 0 Å². The van der Waals surface area contributed by atoms with E-state index < -0.39 is 28.2 Å². The van der Waals surface area contributed by atoms with E-state index in [-0.39, 0.29) is 29.0 Å². The quantitative estimate of drug-likeness (QED) is 0.539. The maximum absolute atomic E-state index is 13.7. The second-order valence-electron chi connectivity index (χ2n) is 11.4. The zero-order valence-electron chi connectivity index (χ0n) is 21.8. The Bertz CT molecular complexity index is 1070. The number of hydrogen-bond acceptors (Lipinski definition) is 4. The Hall–Kier alpha value is -2.50. The highest BCUT2D eigenvalue weighted by Gasteiger charge is 2.86. The summed E-state index contributed by atoms with van der Waals surface area (Å²) in [5.41, 5.74) is -1.29. The maximum atomic E-state index is 13.7. The summed E-state index contributed by atoms with van der Waals surface area (Å²) >= 11 is 0. The summed E-state index contributed by atoms with van der Waals surface area (Å²) in [5, 5.41) is 0. The van der Waals surface area contributed by atoms with Crippen LogP contribution in [0.1, 0.15) is 86.6 Å². The number of rotatable bonds is 7. The van der Waals surface area contributed by atoms with E-state index in [9.17, 15) is 19.2 Å². The van der Waals surface area contributed by atoms with Crippen LogP contribution < -0.4 is 4.90 Å².